The van der Waals surface area contributed by atoms with Crippen LogP contribution in [0.2, 0.25) is 0 Å². The lowest BCUT2D eigenvalue weighted by Gasteiger charge is -2.18. The molecule has 0 unspecified atom stereocenters. The van der Waals surface area contributed by atoms with Crippen LogP contribution in [0.1, 0.15) is 56.1 Å². The maximum absolute atomic E-state index is 11.7. The molecule has 0 bridgehead atoms. The van der Waals surface area contributed by atoms with Gasteiger partial charge in [-0.2, -0.15) is 0 Å². The second-order valence-electron chi connectivity index (χ2n) is 9.19. The van der Waals surface area contributed by atoms with Crippen LogP contribution in [0, 0.1) is 24.7 Å². The highest BCUT2D eigenvalue weighted by atomic mass is 16.3. The molecule has 1 saturated carbocycles. The lowest BCUT2D eigenvalue weighted by atomic mass is 9.88. The first kappa shape index (κ1) is 21.8. The van der Waals surface area contributed by atoms with Gasteiger partial charge in [-0.25, -0.2) is 0 Å². The molecule has 0 spiro atoms. The summed E-state index contributed by atoms with van der Waals surface area (Å²) < 4.78 is 0. The summed E-state index contributed by atoms with van der Waals surface area (Å²) >= 11 is 0. The Morgan fingerprint density at radius 2 is 2.07 bits per heavy atom. The molecule has 0 aliphatic heterocycles. The second-order valence-corrected chi connectivity index (χ2v) is 9.19. The number of benzene rings is 1. The highest BCUT2D eigenvalue weighted by Gasteiger charge is 2.43. The van der Waals surface area contributed by atoms with E-state index in [0.29, 0.717) is 24.2 Å². The summed E-state index contributed by atoms with van der Waals surface area (Å²) in [6, 6.07) is 8.72. The second kappa shape index (κ2) is 10.2. The fourth-order valence-corrected chi connectivity index (χ4v) is 5.01. The predicted molar refractivity (Wildman–Crippen MR) is 120 cm³/mol. The minimum absolute atomic E-state index is 0.198. The molecule has 0 aromatic heterocycles. The number of amides is 1. The van der Waals surface area contributed by atoms with Gasteiger partial charge in [0.15, 0.2) is 0 Å². The van der Waals surface area contributed by atoms with Crippen LogP contribution in [0.3, 0.4) is 0 Å². The van der Waals surface area contributed by atoms with Gasteiger partial charge in [-0.05, 0) is 69.3 Å². The summed E-state index contributed by atoms with van der Waals surface area (Å²) in [7, 11) is 3.64. The summed E-state index contributed by atoms with van der Waals surface area (Å²) in [4.78, 5) is 13.4. The third kappa shape index (κ3) is 6.05. The topological polar surface area (TPSA) is 40.5 Å². The van der Waals surface area contributed by atoms with Crippen molar-refractivity contribution in [3.63, 3.8) is 0 Å². The van der Waals surface area contributed by atoms with Crippen molar-refractivity contribution in [2.75, 3.05) is 14.1 Å². The molecule has 1 aromatic rings. The normalized spacial score (nSPS) is 26.0. The number of hydrogen-bond acceptors (Lipinski definition) is 2. The number of aliphatic hydroxyl groups excluding tert-OH is 1. The average molecular weight is 396 g/mol. The molecular weight excluding hydrogens is 358 g/mol. The van der Waals surface area contributed by atoms with E-state index in [0.717, 1.165) is 44.9 Å². The van der Waals surface area contributed by atoms with Crippen LogP contribution >= 0.6 is 0 Å². The Bertz CT molecular complexity index is 749. The van der Waals surface area contributed by atoms with Crippen molar-refractivity contribution in [1.29, 1.82) is 0 Å². The highest BCUT2D eigenvalue weighted by Crippen LogP contribution is 2.48. The van der Waals surface area contributed by atoms with Crippen LogP contribution in [-0.4, -0.2) is 36.1 Å². The molecule has 0 heterocycles. The number of carbonyl (C=O) groups excluding carboxylic acids is 1. The maximum Gasteiger partial charge on any atom is 0.222 e. The fraction of sp³-hybridized carbons (Fsp3) is 0.577. The van der Waals surface area contributed by atoms with Gasteiger partial charge in [-0.15, -0.1) is 0 Å². The number of hydrogen-bond donors (Lipinski definition) is 1. The minimum Gasteiger partial charge on any atom is -0.392 e. The molecular formula is C26H37NO2. The SMILES string of the molecule is Cc1cccc(CC/C=C/[C@@H]2[C@H]3CC(CCCCC(=O)N(C)C)=C[C@H]3C[C@H]2O)c1. The molecule has 1 N–H and O–H groups in total. The van der Waals surface area contributed by atoms with Gasteiger partial charge in [-0.1, -0.05) is 53.6 Å². The minimum atomic E-state index is -0.198. The zero-order valence-corrected chi connectivity index (χ0v) is 18.3. The van der Waals surface area contributed by atoms with E-state index < -0.39 is 0 Å². The van der Waals surface area contributed by atoms with E-state index in [1.807, 2.05) is 14.1 Å². The highest BCUT2D eigenvalue weighted by molar-refractivity contribution is 5.75. The van der Waals surface area contributed by atoms with Crippen molar-refractivity contribution in [2.45, 2.75) is 64.4 Å². The summed E-state index contributed by atoms with van der Waals surface area (Å²) in [6.07, 6.45) is 14.7. The van der Waals surface area contributed by atoms with Crippen LogP contribution in [0.25, 0.3) is 0 Å². The van der Waals surface area contributed by atoms with Gasteiger partial charge >= 0.3 is 0 Å². The summed E-state index contributed by atoms with van der Waals surface area (Å²) in [6.45, 7) is 2.14. The molecule has 3 heteroatoms. The van der Waals surface area contributed by atoms with Crippen LogP contribution in [-0.2, 0) is 11.2 Å². The maximum atomic E-state index is 11.7. The van der Waals surface area contributed by atoms with Crippen molar-refractivity contribution < 1.29 is 9.90 Å². The molecule has 1 amide bonds. The van der Waals surface area contributed by atoms with Crippen LogP contribution in [0.15, 0.2) is 48.1 Å². The molecule has 1 aromatic carbocycles. The van der Waals surface area contributed by atoms with Crippen molar-refractivity contribution in [3.8, 4) is 0 Å². The Morgan fingerprint density at radius 1 is 1.24 bits per heavy atom. The first-order valence-electron chi connectivity index (χ1n) is 11.2. The Morgan fingerprint density at radius 3 is 2.83 bits per heavy atom. The van der Waals surface area contributed by atoms with Crippen molar-refractivity contribution >= 4 is 5.91 Å². The summed E-state index contributed by atoms with van der Waals surface area (Å²) in [5.74, 6) is 1.62. The standard InChI is InChI=1S/C26H37NO2/c1-19-9-8-12-20(15-19)10-4-6-13-23-24-17-21(16-22(24)18-25(23)28)11-5-7-14-26(29)27(2)3/h6,8-9,12-13,15-16,22-25,28H,4-5,7,10-11,14,17-18H2,1-3H3/b13-6+/t22-,23+,24-,25+/m0/s1. The number of aryl methyl sites for hydroxylation is 2. The molecule has 1 fully saturated rings. The molecule has 29 heavy (non-hydrogen) atoms. The van der Waals surface area contributed by atoms with Gasteiger partial charge in [0, 0.05) is 26.4 Å². The molecule has 4 atom stereocenters. The number of carbonyl (C=O) groups is 1. The molecule has 2 aliphatic rings. The lowest BCUT2D eigenvalue weighted by Crippen LogP contribution is -2.21. The number of aliphatic hydroxyl groups is 1. The lowest BCUT2D eigenvalue weighted by molar-refractivity contribution is -0.128. The van der Waals surface area contributed by atoms with Crippen molar-refractivity contribution in [3.05, 3.63) is 59.2 Å². The van der Waals surface area contributed by atoms with E-state index >= 15 is 0 Å². The summed E-state index contributed by atoms with van der Waals surface area (Å²) in [5.41, 5.74) is 4.25. The summed E-state index contributed by atoms with van der Waals surface area (Å²) in [5, 5.41) is 10.5. The van der Waals surface area contributed by atoms with Crippen LogP contribution in [0.4, 0.5) is 0 Å². The smallest absolute Gasteiger partial charge is 0.222 e. The number of allylic oxidation sites excluding steroid dienone is 3. The first-order valence-corrected chi connectivity index (χ1v) is 11.2. The monoisotopic (exact) mass is 395 g/mol. The van der Waals surface area contributed by atoms with Gasteiger partial charge in [0.1, 0.15) is 0 Å². The van der Waals surface area contributed by atoms with E-state index in [9.17, 15) is 9.90 Å². The van der Waals surface area contributed by atoms with Crippen LogP contribution < -0.4 is 0 Å². The fourth-order valence-electron chi connectivity index (χ4n) is 5.01. The van der Waals surface area contributed by atoms with E-state index in [-0.39, 0.29) is 12.0 Å². The van der Waals surface area contributed by atoms with Gasteiger partial charge in [0.25, 0.3) is 0 Å². The number of fused-ring (bicyclic) bond motifs is 1. The van der Waals surface area contributed by atoms with E-state index in [1.54, 1.807) is 10.5 Å². The molecule has 3 nitrogen and oxygen atoms in total. The predicted octanol–water partition coefficient (Wildman–Crippen LogP) is 5.08. The van der Waals surface area contributed by atoms with Gasteiger partial charge < -0.3 is 10.0 Å². The number of nitrogens with zero attached hydrogens (tertiary/aromatic N) is 1. The Hall–Kier alpha value is -1.87. The third-order valence-corrected chi connectivity index (χ3v) is 6.63. The van der Waals surface area contributed by atoms with Crippen molar-refractivity contribution in [1.82, 2.24) is 4.90 Å². The van der Waals surface area contributed by atoms with E-state index in [2.05, 4.69) is 49.4 Å². The van der Waals surface area contributed by atoms with E-state index in [4.69, 9.17) is 0 Å². The van der Waals surface area contributed by atoms with Gasteiger partial charge in [-0.3, -0.25) is 4.79 Å². The average Bonchev–Trinajstić information content (AvgIpc) is 3.19. The van der Waals surface area contributed by atoms with Crippen molar-refractivity contribution in [2.24, 2.45) is 17.8 Å². The molecule has 0 saturated heterocycles. The Labute approximate surface area is 176 Å². The number of rotatable bonds is 9. The first-order chi connectivity index (χ1) is 13.9. The largest absolute Gasteiger partial charge is 0.392 e. The molecule has 2 aliphatic carbocycles. The number of unbranched alkanes of at least 4 members (excludes halogenated alkanes) is 1. The molecule has 3 rings (SSSR count). The molecule has 0 radical (unpaired) electrons. The van der Waals surface area contributed by atoms with E-state index in [1.165, 1.54) is 11.1 Å². The zero-order chi connectivity index (χ0) is 20.8. The Kier molecular flexibility index (Phi) is 7.71. The van der Waals surface area contributed by atoms with Gasteiger partial charge in [0.2, 0.25) is 5.91 Å². The quantitative estimate of drug-likeness (QED) is 0.468. The van der Waals surface area contributed by atoms with Gasteiger partial charge in [0.05, 0.1) is 6.10 Å². The molecule has 158 valence electrons. The Balaban J connectivity index is 1.43. The third-order valence-electron chi connectivity index (χ3n) is 6.63. The van der Waals surface area contributed by atoms with Crippen LogP contribution in [0.5, 0.6) is 0 Å². The zero-order valence-electron chi connectivity index (χ0n) is 18.3.